The normalized spacial score (nSPS) is 26.0. The van der Waals surface area contributed by atoms with Gasteiger partial charge in [-0.2, -0.15) is 0 Å². The smallest absolute Gasteiger partial charge is 0.408 e. The van der Waals surface area contributed by atoms with E-state index in [4.69, 9.17) is 9.47 Å². The molecule has 0 aromatic carbocycles. The first kappa shape index (κ1) is 27.4. The highest BCUT2D eigenvalue weighted by atomic mass is 16.6. The molecule has 4 amide bonds. The summed E-state index contributed by atoms with van der Waals surface area (Å²) in [6.07, 6.45) is 1.34. The Morgan fingerprint density at radius 3 is 2.65 bits per heavy atom. The van der Waals surface area contributed by atoms with Gasteiger partial charge in [0.25, 0.3) is 0 Å². The van der Waals surface area contributed by atoms with Gasteiger partial charge in [-0.15, -0.1) is 0 Å². The Bertz CT molecular complexity index is 765. The van der Waals surface area contributed by atoms with E-state index in [1.54, 1.807) is 20.8 Å². The molecule has 34 heavy (non-hydrogen) atoms. The molecule has 2 fully saturated rings. The molecule has 0 unspecified atom stereocenters. The van der Waals surface area contributed by atoms with E-state index in [2.05, 4.69) is 22.5 Å². The molecule has 0 radical (unpaired) electrons. The Morgan fingerprint density at radius 2 is 1.97 bits per heavy atom. The summed E-state index contributed by atoms with van der Waals surface area (Å²) in [6.45, 7) is 9.49. The molecular weight excluding hydrogens is 444 g/mol. The van der Waals surface area contributed by atoms with E-state index in [0.717, 1.165) is 5.57 Å². The number of fused-ring (bicyclic) bond motifs is 1. The summed E-state index contributed by atoms with van der Waals surface area (Å²) >= 11 is 0. The van der Waals surface area contributed by atoms with Crippen LogP contribution < -0.4 is 16.0 Å². The number of rotatable bonds is 2. The van der Waals surface area contributed by atoms with Crippen LogP contribution >= 0.6 is 0 Å². The predicted molar refractivity (Wildman–Crippen MR) is 124 cm³/mol. The molecule has 192 valence electrons. The average molecular weight is 483 g/mol. The molecule has 0 aromatic rings. The van der Waals surface area contributed by atoms with Gasteiger partial charge in [-0.3, -0.25) is 9.59 Å². The third-order valence-electron chi connectivity index (χ3n) is 5.51. The summed E-state index contributed by atoms with van der Waals surface area (Å²) in [5.74, 6) is -0.818. The fourth-order valence-electron chi connectivity index (χ4n) is 3.89. The first-order valence-electron chi connectivity index (χ1n) is 11.8. The molecule has 11 heteroatoms. The van der Waals surface area contributed by atoms with Crippen molar-refractivity contribution in [3.05, 3.63) is 12.2 Å². The predicted octanol–water partition coefficient (Wildman–Crippen LogP) is 1.20. The Kier molecular flexibility index (Phi) is 10.2. The van der Waals surface area contributed by atoms with Crippen LogP contribution in [0.1, 0.15) is 59.3 Å². The zero-order valence-electron chi connectivity index (χ0n) is 20.4. The minimum atomic E-state index is -0.980. The fourth-order valence-corrected chi connectivity index (χ4v) is 3.89. The van der Waals surface area contributed by atoms with Crippen LogP contribution in [0.25, 0.3) is 0 Å². The number of amides is 4. The van der Waals surface area contributed by atoms with Crippen LogP contribution in [0.5, 0.6) is 0 Å². The number of ether oxygens (including phenoxy) is 2. The van der Waals surface area contributed by atoms with Gasteiger partial charge in [0.1, 0.15) is 17.7 Å². The van der Waals surface area contributed by atoms with Crippen molar-refractivity contribution in [3.63, 3.8) is 0 Å². The number of hydrogen-bond donors (Lipinski definition) is 4. The number of cyclic esters (lactones) is 1. The maximum Gasteiger partial charge on any atom is 0.408 e. The van der Waals surface area contributed by atoms with E-state index in [1.807, 2.05) is 0 Å². The van der Waals surface area contributed by atoms with Gasteiger partial charge in [0.05, 0.1) is 19.3 Å². The van der Waals surface area contributed by atoms with Crippen LogP contribution in [0.2, 0.25) is 0 Å². The van der Waals surface area contributed by atoms with E-state index in [-0.39, 0.29) is 32.1 Å². The number of alkyl carbamates (subject to hydrolysis) is 2. The molecular formula is C23H38N4O7. The molecule has 3 atom stereocenters. The molecule has 0 spiro atoms. The summed E-state index contributed by atoms with van der Waals surface area (Å²) < 4.78 is 10.5. The van der Waals surface area contributed by atoms with Gasteiger partial charge in [0.2, 0.25) is 11.8 Å². The van der Waals surface area contributed by atoms with Gasteiger partial charge in [0, 0.05) is 13.1 Å². The molecule has 2 rings (SSSR count). The molecule has 0 saturated carbocycles. The number of aliphatic hydroxyl groups is 1. The first-order valence-corrected chi connectivity index (χ1v) is 11.8. The number of nitrogens with one attached hydrogen (secondary N) is 3. The highest BCUT2D eigenvalue weighted by Crippen LogP contribution is 2.24. The monoisotopic (exact) mass is 482 g/mol. The van der Waals surface area contributed by atoms with E-state index in [0.29, 0.717) is 38.6 Å². The van der Waals surface area contributed by atoms with E-state index in [9.17, 15) is 24.3 Å². The van der Waals surface area contributed by atoms with Gasteiger partial charge in [-0.1, -0.05) is 12.2 Å². The second-order valence-corrected chi connectivity index (χ2v) is 9.72. The Balaban J connectivity index is 2.23. The van der Waals surface area contributed by atoms with Crippen LogP contribution in [0.4, 0.5) is 9.59 Å². The van der Waals surface area contributed by atoms with Crippen molar-refractivity contribution in [1.29, 1.82) is 0 Å². The van der Waals surface area contributed by atoms with Crippen molar-refractivity contribution in [3.8, 4) is 0 Å². The van der Waals surface area contributed by atoms with E-state index < -0.39 is 41.8 Å². The zero-order valence-corrected chi connectivity index (χ0v) is 20.4. The topological polar surface area (TPSA) is 146 Å². The SMILES string of the molecule is C=C1C[C@H]2C(=O)N[C@H](CO)CCCCNC(=O)OCCC[C@H](NC(=O)OC(C)(C)C)C(=O)N2C1. The molecule has 2 aliphatic rings. The van der Waals surface area contributed by atoms with Gasteiger partial charge < -0.3 is 35.4 Å². The van der Waals surface area contributed by atoms with Crippen LogP contribution in [0.15, 0.2) is 12.2 Å². The Morgan fingerprint density at radius 1 is 1.24 bits per heavy atom. The summed E-state index contributed by atoms with van der Waals surface area (Å²) in [5.41, 5.74) is -0.0334. The van der Waals surface area contributed by atoms with Gasteiger partial charge >= 0.3 is 12.2 Å². The highest BCUT2D eigenvalue weighted by Gasteiger charge is 2.40. The van der Waals surface area contributed by atoms with Gasteiger partial charge in [0.15, 0.2) is 0 Å². The van der Waals surface area contributed by atoms with Crippen LogP contribution in [-0.4, -0.2) is 84.0 Å². The van der Waals surface area contributed by atoms with Crippen molar-refractivity contribution in [2.24, 2.45) is 0 Å². The molecule has 4 N–H and O–H groups in total. The lowest BCUT2D eigenvalue weighted by Crippen LogP contribution is -2.55. The lowest BCUT2D eigenvalue weighted by atomic mass is 10.1. The van der Waals surface area contributed by atoms with E-state index in [1.165, 1.54) is 4.90 Å². The second kappa shape index (κ2) is 12.6. The average Bonchev–Trinajstić information content (AvgIpc) is 3.14. The summed E-state index contributed by atoms with van der Waals surface area (Å²) in [4.78, 5) is 52.1. The summed E-state index contributed by atoms with van der Waals surface area (Å²) in [6, 6.07) is -2.24. The Labute approximate surface area is 200 Å². The van der Waals surface area contributed by atoms with Crippen LogP contribution in [0, 0.1) is 0 Å². The third-order valence-corrected chi connectivity index (χ3v) is 5.51. The molecule has 11 nitrogen and oxygen atoms in total. The quantitative estimate of drug-likeness (QED) is 0.433. The summed E-state index contributed by atoms with van der Waals surface area (Å²) in [7, 11) is 0. The van der Waals surface area contributed by atoms with Crippen LogP contribution in [-0.2, 0) is 19.1 Å². The van der Waals surface area contributed by atoms with Crippen molar-refractivity contribution in [2.45, 2.75) is 83.0 Å². The lowest BCUT2D eigenvalue weighted by molar-refractivity contribution is -0.140. The maximum atomic E-state index is 13.4. The zero-order chi connectivity index (χ0) is 25.3. The Hall–Kier alpha value is -2.82. The van der Waals surface area contributed by atoms with E-state index >= 15 is 0 Å². The molecule has 0 aliphatic carbocycles. The van der Waals surface area contributed by atoms with Gasteiger partial charge in [-0.25, -0.2) is 9.59 Å². The summed E-state index contributed by atoms with van der Waals surface area (Å²) in [5, 5.41) is 17.8. The number of aliphatic hydroxyl groups excluding tert-OH is 1. The molecule has 2 aliphatic heterocycles. The molecule has 2 heterocycles. The molecule has 0 aromatic heterocycles. The first-order chi connectivity index (χ1) is 16.0. The van der Waals surface area contributed by atoms with Crippen molar-refractivity contribution >= 4 is 24.0 Å². The van der Waals surface area contributed by atoms with Crippen molar-refractivity contribution in [2.75, 3.05) is 26.3 Å². The standard InChI is InChI=1S/C23H38N4O7/c1-15-12-18-19(29)25-16(14-28)8-5-6-10-24-21(31)33-11-7-9-17(20(30)27(18)13-15)26-22(32)34-23(2,3)4/h16-18,28H,1,5-14H2,2-4H3,(H,24,31)(H,25,29)(H,26,32)/t16-,17-,18-/m0/s1. The highest BCUT2D eigenvalue weighted by molar-refractivity contribution is 5.92. The number of hydrogen-bond acceptors (Lipinski definition) is 7. The lowest BCUT2D eigenvalue weighted by Gasteiger charge is -2.30. The van der Waals surface area contributed by atoms with Crippen molar-refractivity contribution in [1.82, 2.24) is 20.9 Å². The minimum absolute atomic E-state index is 0.0643. The number of carbonyl (C=O) groups excluding carboxylic acids is 4. The molecule has 2 saturated heterocycles. The number of carbonyl (C=O) groups is 4. The van der Waals surface area contributed by atoms with Gasteiger partial charge in [-0.05, 0) is 59.3 Å². The fraction of sp³-hybridized carbons (Fsp3) is 0.739. The van der Waals surface area contributed by atoms with Crippen LogP contribution in [0.3, 0.4) is 0 Å². The van der Waals surface area contributed by atoms with Crippen molar-refractivity contribution < 1.29 is 33.8 Å². The molecule has 0 bridgehead atoms. The minimum Gasteiger partial charge on any atom is -0.450 e. The third kappa shape index (κ3) is 8.85. The maximum absolute atomic E-state index is 13.4. The number of nitrogens with zero attached hydrogens (tertiary/aromatic N) is 1. The largest absolute Gasteiger partial charge is 0.450 e. The second-order valence-electron chi connectivity index (χ2n) is 9.72.